The molecule has 0 fully saturated rings. The number of aromatic carboxylic acids is 3. The minimum absolute atomic E-state index is 0. The van der Waals surface area contributed by atoms with Crippen LogP contribution in [-0.2, 0) is 17.1 Å². The summed E-state index contributed by atoms with van der Waals surface area (Å²) >= 11 is 0. The normalized spacial score (nSPS) is 9.00. The third kappa shape index (κ3) is 2.59. The average molecular weight is 265 g/mol. The van der Waals surface area contributed by atoms with Gasteiger partial charge in [0.15, 0.2) is 0 Å². The predicted molar refractivity (Wildman–Crippen MR) is 47.3 cm³/mol. The molecule has 1 aromatic carbocycles. The molecular weight excluding hydrogens is 259 g/mol. The van der Waals surface area contributed by atoms with Gasteiger partial charge in [-0.2, -0.15) is 0 Å². The van der Waals surface area contributed by atoms with Crippen molar-refractivity contribution in [2.75, 3.05) is 0 Å². The van der Waals surface area contributed by atoms with Gasteiger partial charge in [-0.15, -0.1) is 0 Å². The molecule has 0 unspecified atom stereocenters. The van der Waals surface area contributed by atoms with Gasteiger partial charge in [-0.1, -0.05) is 6.07 Å². The van der Waals surface area contributed by atoms with Crippen LogP contribution in [0, 0.1) is 0 Å². The van der Waals surface area contributed by atoms with Gasteiger partial charge in [-0.05, 0) is 12.1 Å². The van der Waals surface area contributed by atoms with E-state index in [4.69, 9.17) is 15.3 Å². The molecule has 1 radical (unpaired) electrons. The Morgan fingerprint density at radius 3 is 1.44 bits per heavy atom. The molecule has 0 bridgehead atoms. The Bertz CT molecular complexity index is 421. The smallest absolute Gasteiger partial charge is 0.337 e. The van der Waals surface area contributed by atoms with E-state index in [0.29, 0.717) is 0 Å². The van der Waals surface area contributed by atoms with E-state index in [9.17, 15) is 14.4 Å². The van der Waals surface area contributed by atoms with Gasteiger partial charge in [0.25, 0.3) is 0 Å². The van der Waals surface area contributed by atoms with Crippen LogP contribution in [0.15, 0.2) is 18.2 Å². The van der Waals surface area contributed by atoms with E-state index in [1.165, 1.54) is 6.07 Å². The summed E-state index contributed by atoms with van der Waals surface area (Å²) in [6.07, 6.45) is 0. The average Bonchev–Trinajstić information content (AvgIpc) is 2.16. The van der Waals surface area contributed by atoms with Crippen molar-refractivity contribution in [3.63, 3.8) is 0 Å². The summed E-state index contributed by atoms with van der Waals surface area (Å²) in [6.45, 7) is 0. The first-order chi connectivity index (χ1) is 6.95. The van der Waals surface area contributed by atoms with Gasteiger partial charge in [0.2, 0.25) is 0 Å². The number of carboxylic acids is 3. The van der Waals surface area contributed by atoms with Crippen LogP contribution in [0.5, 0.6) is 0 Å². The minimum atomic E-state index is -1.58. The molecule has 0 spiro atoms. The second-order valence-electron chi connectivity index (χ2n) is 2.64. The summed E-state index contributed by atoms with van der Waals surface area (Å²) in [5.74, 6) is -4.53. The molecular formula is C9H6MnO6. The quantitative estimate of drug-likeness (QED) is 0.696. The summed E-state index contributed by atoms with van der Waals surface area (Å²) in [5, 5.41) is 26.0. The van der Waals surface area contributed by atoms with Crippen LogP contribution in [0.3, 0.4) is 0 Å². The van der Waals surface area contributed by atoms with E-state index in [1.807, 2.05) is 0 Å². The summed E-state index contributed by atoms with van der Waals surface area (Å²) < 4.78 is 0. The Morgan fingerprint density at radius 2 is 1.19 bits per heavy atom. The third-order valence-electron chi connectivity index (χ3n) is 1.74. The molecule has 0 aliphatic carbocycles. The molecule has 0 aromatic heterocycles. The van der Waals surface area contributed by atoms with Crippen molar-refractivity contribution in [1.29, 1.82) is 0 Å². The minimum Gasteiger partial charge on any atom is -0.478 e. The van der Waals surface area contributed by atoms with E-state index in [0.717, 1.165) is 12.1 Å². The van der Waals surface area contributed by atoms with Crippen LogP contribution in [0.4, 0.5) is 0 Å². The molecule has 6 nitrogen and oxygen atoms in total. The van der Waals surface area contributed by atoms with Crippen molar-refractivity contribution in [3.05, 3.63) is 34.9 Å². The Balaban J connectivity index is 0.00000225. The maximum absolute atomic E-state index is 10.7. The van der Waals surface area contributed by atoms with Gasteiger partial charge in [-0.25, -0.2) is 14.4 Å². The fraction of sp³-hybridized carbons (Fsp3) is 0. The number of hydrogen-bond donors (Lipinski definition) is 3. The number of benzene rings is 1. The number of hydrogen-bond acceptors (Lipinski definition) is 3. The zero-order valence-electron chi connectivity index (χ0n) is 7.68. The fourth-order valence-corrected chi connectivity index (χ4v) is 1.14. The van der Waals surface area contributed by atoms with Crippen LogP contribution >= 0.6 is 0 Å². The van der Waals surface area contributed by atoms with Crippen LogP contribution < -0.4 is 0 Å². The van der Waals surface area contributed by atoms with Crippen molar-refractivity contribution in [3.8, 4) is 0 Å². The Hall–Kier alpha value is -1.85. The Morgan fingerprint density at radius 1 is 0.812 bits per heavy atom. The van der Waals surface area contributed by atoms with Crippen molar-refractivity contribution in [2.24, 2.45) is 0 Å². The molecule has 0 saturated carbocycles. The van der Waals surface area contributed by atoms with E-state index in [-0.39, 0.29) is 17.1 Å². The van der Waals surface area contributed by atoms with Crippen molar-refractivity contribution in [2.45, 2.75) is 0 Å². The molecule has 85 valence electrons. The predicted octanol–water partition coefficient (Wildman–Crippen LogP) is 0.779. The molecule has 0 aliphatic rings. The SMILES string of the molecule is O=C(O)c1cccc(C(=O)O)c1C(=O)O.[Mn]. The maximum Gasteiger partial charge on any atom is 0.337 e. The zero-order valence-corrected chi connectivity index (χ0v) is 8.86. The molecule has 0 aliphatic heterocycles. The maximum atomic E-state index is 10.7. The molecule has 16 heavy (non-hydrogen) atoms. The summed E-state index contributed by atoms with van der Waals surface area (Å²) in [4.78, 5) is 32.0. The standard InChI is InChI=1S/C9H6O6.Mn/c10-7(11)4-2-1-3-5(8(12)13)6(4)9(14)15;/h1-3H,(H,10,11)(H,12,13)(H,14,15);. The monoisotopic (exact) mass is 265 g/mol. The van der Waals surface area contributed by atoms with Crippen molar-refractivity contribution in [1.82, 2.24) is 0 Å². The van der Waals surface area contributed by atoms with Crippen LogP contribution in [0.25, 0.3) is 0 Å². The molecule has 0 atom stereocenters. The summed E-state index contributed by atoms with van der Waals surface area (Å²) in [5.41, 5.74) is -1.79. The van der Waals surface area contributed by atoms with E-state index >= 15 is 0 Å². The van der Waals surface area contributed by atoms with Gasteiger partial charge in [0.05, 0.1) is 16.7 Å². The Labute approximate surface area is 100.0 Å². The summed E-state index contributed by atoms with van der Waals surface area (Å²) in [6, 6.07) is 3.26. The van der Waals surface area contributed by atoms with Crippen molar-refractivity contribution >= 4 is 17.9 Å². The zero-order chi connectivity index (χ0) is 11.6. The molecule has 1 rings (SSSR count). The van der Waals surface area contributed by atoms with E-state index < -0.39 is 34.6 Å². The van der Waals surface area contributed by atoms with Gasteiger partial charge in [0, 0.05) is 17.1 Å². The second kappa shape index (κ2) is 5.29. The molecule has 0 heterocycles. The molecule has 7 heteroatoms. The third-order valence-corrected chi connectivity index (χ3v) is 1.74. The van der Waals surface area contributed by atoms with Crippen LogP contribution in [-0.4, -0.2) is 33.2 Å². The van der Waals surface area contributed by atoms with Gasteiger partial charge in [0.1, 0.15) is 0 Å². The van der Waals surface area contributed by atoms with Crippen LogP contribution in [0.2, 0.25) is 0 Å². The van der Waals surface area contributed by atoms with Crippen LogP contribution in [0.1, 0.15) is 31.1 Å². The van der Waals surface area contributed by atoms with Gasteiger partial charge >= 0.3 is 17.9 Å². The number of carboxylic acid groups (broad SMARTS) is 3. The van der Waals surface area contributed by atoms with E-state index in [1.54, 1.807) is 0 Å². The van der Waals surface area contributed by atoms with Gasteiger partial charge < -0.3 is 15.3 Å². The Kier molecular flexibility index (Phi) is 4.68. The number of carbonyl (C=O) groups is 3. The molecule has 0 saturated heterocycles. The van der Waals surface area contributed by atoms with E-state index in [2.05, 4.69) is 0 Å². The first kappa shape index (κ1) is 14.1. The first-order valence-electron chi connectivity index (χ1n) is 3.78. The molecule has 3 N–H and O–H groups in total. The second-order valence-corrected chi connectivity index (χ2v) is 2.64. The molecule has 0 amide bonds. The van der Waals surface area contributed by atoms with Crippen molar-refractivity contribution < 1.29 is 46.8 Å². The molecule has 1 aromatic rings. The summed E-state index contributed by atoms with van der Waals surface area (Å²) in [7, 11) is 0. The first-order valence-corrected chi connectivity index (χ1v) is 3.78. The van der Waals surface area contributed by atoms with Gasteiger partial charge in [-0.3, -0.25) is 0 Å². The fourth-order valence-electron chi connectivity index (χ4n) is 1.14. The number of rotatable bonds is 3. The largest absolute Gasteiger partial charge is 0.478 e. The topological polar surface area (TPSA) is 112 Å².